The van der Waals surface area contributed by atoms with Gasteiger partial charge in [0.1, 0.15) is 6.61 Å². The second-order valence-electron chi connectivity index (χ2n) is 3.37. The molecule has 4 nitrogen and oxygen atoms in total. The molecule has 0 aromatic heterocycles. The summed E-state index contributed by atoms with van der Waals surface area (Å²) in [6.07, 6.45) is 1.00. The first-order valence-corrected chi connectivity index (χ1v) is 4.71. The minimum atomic E-state index is -0.0610. The number of ether oxygens (including phenoxy) is 1. The Morgan fingerprint density at radius 3 is 2.77 bits per heavy atom. The summed E-state index contributed by atoms with van der Waals surface area (Å²) in [6.45, 7) is 5.99. The predicted molar refractivity (Wildman–Crippen MR) is 52.3 cm³/mol. The van der Waals surface area contributed by atoms with Crippen LogP contribution in [0.4, 0.5) is 0 Å². The number of hydrogen-bond acceptors (Lipinski definition) is 3. The molecule has 0 aliphatic carbocycles. The van der Waals surface area contributed by atoms with Crippen molar-refractivity contribution in [2.75, 3.05) is 26.3 Å². The molecule has 0 fully saturated rings. The van der Waals surface area contributed by atoms with Crippen LogP contribution in [0.15, 0.2) is 0 Å². The Bertz CT molecular complexity index is 138. The summed E-state index contributed by atoms with van der Waals surface area (Å²) in [7, 11) is 0. The van der Waals surface area contributed by atoms with Gasteiger partial charge in [-0.25, -0.2) is 0 Å². The van der Waals surface area contributed by atoms with Gasteiger partial charge < -0.3 is 15.8 Å². The quantitative estimate of drug-likeness (QED) is 0.558. The molecule has 0 aromatic carbocycles. The summed E-state index contributed by atoms with van der Waals surface area (Å²) in [4.78, 5) is 11.0. The molecule has 4 heteroatoms. The summed E-state index contributed by atoms with van der Waals surface area (Å²) in [5.41, 5.74) is 5.20. The van der Waals surface area contributed by atoms with E-state index in [1.807, 2.05) is 0 Å². The lowest BCUT2D eigenvalue weighted by molar-refractivity contribution is -0.125. The molecular weight excluding hydrogens is 168 g/mol. The lowest BCUT2D eigenvalue weighted by atomic mass is 10.1. The average Bonchev–Trinajstić information content (AvgIpc) is 2.04. The van der Waals surface area contributed by atoms with Crippen LogP contribution in [0.25, 0.3) is 0 Å². The number of amides is 1. The molecule has 78 valence electrons. The number of nitrogens with two attached hydrogens (primary N) is 1. The van der Waals surface area contributed by atoms with Crippen LogP contribution in [0.5, 0.6) is 0 Å². The summed E-state index contributed by atoms with van der Waals surface area (Å²) >= 11 is 0. The van der Waals surface area contributed by atoms with E-state index in [0.717, 1.165) is 13.0 Å². The fourth-order valence-corrected chi connectivity index (χ4v) is 0.799. The predicted octanol–water partition coefficient (Wildman–Crippen LogP) is 0.124. The zero-order chi connectivity index (χ0) is 10.1. The minimum Gasteiger partial charge on any atom is -0.370 e. The molecule has 0 unspecified atom stereocenters. The van der Waals surface area contributed by atoms with E-state index in [9.17, 15) is 4.79 Å². The van der Waals surface area contributed by atoms with Crippen LogP contribution in [-0.2, 0) is 9.53 Å². The van der Waals surface area contributed by atoms with Crippen molar-refractivity contribution in [2.45, 2.75) is 20.3 Å². The monoisotopic (exact) mass is 188 g/mol. The molecule has 0 aliphatic heterocycles. The Morgan fingerprint density at radius 1 is 1.54 bits per heavy atom. The zero-order valence-corrected chi connectivity index (χ0v) is 8.51. The maximum Gasteiger partial charge on any atom is 0.245 e. The molecule has 0 bridgehead atoms. The number of carbonyl (C=O) groups is 1. The molecule has 0 atom stereocenters. The third-order valence-corrected chi connectivity index (χ3v) is 1.54. The lowest BCUT2D eigenvalue weighted by Gasteiger charge is -2.07. The van der Waals surface area contributed by atoms with Crippen molar-refractivity contribution in [1.29, 1.82) is 0 Å². The molecular formula is C9H20N2O2. The third kappa shape index (κ3) is 9.30. The van der Waals surface area contributed by atoms with Gasteiger partial charge in [0.2, 0.25) is 5.91 Å². The zero-order valence-electron chi connectivity index (χ0n) is 8.51. The maximum atomic E-state index is 11.0. The Balaban J connectivity index is 3.20. The number of carbonyl (C=O) groups excluding carboxylic acids is 1. The normalized spacial score (nSPS) is 10.5. The molecule has 0 saturated carbocycles. The van der Waals surface area contributed by atoms with Crippen LogP contribution in [0, 0.1) is 5.92 Å². The molecule has 0 aromatic rings. The molecule has 0 radical (unpaired) electrons. The largest absolute Gasteiger partial charge is 0.370 e. The topological polar surface area (TPSA) is 64.3 Å². The van der Waals surface area contributed by atoms with Gasteiger partial charge in [-0.1, -0.05) is 13.8 Å². The molecule has 0 rings (SSSR count). The van der Waals surface area contributed by atoms with Gasteiger partial charge in [-0.3, -0.25) is 4.79 Å². The van der Waals surface area contributed by atoms with Crippen molar-refractivity contribution < 1.29 is 9.53 Å². The van der Waals surface area contributed by atoms with E-state index in [1.165, 1.54) is 0 Å². The van der Waals surface area contributed by atoms with Crippen molar-refractivity contribution in [3.8, 4) is 0 Å². The van der Waals surface area contributed by atoms with Crippen molar-refractivity contribution in [1.82, 2.24) is 5.32 Å². The van der Waals surface area contributed by atoms with Crippen LogP contribution in [0.1, 0.15) is 20.3 Å². The fourth-order valence-electron chi connectivity index (χ4n) is 0.799. The van der Waals surface area contributed by atoms with Gasteiger partial charge in [-0.05, 0) is 12.3 Å². The van der Waals surface area contributed by atoms with E-state index in [4.69, 9.17) is 10.5 Å². The average molecular weight is 188 g/mol. The highest BCUT2D eigenvalue weighted by Gasteiger charge is 2.00. The summed E-state index contributed by atoms with van der Waals surface area (Å²) in [6, 6.07) is 0. The van der Waals surface area contributed by atoms with Gasteiger partial charge in [0.15, 0.2) is 0 Å². The van der Waals surface area contributed by atoms with Gasteiger partial charge in [0.05, 0.1) is 6.61 Å². The summed E-state index contributed by atoms with van der Waals surface area (Å²) in [5, 5.41) is 2.77. The first kappa shape index (κ1) is 12.4. The molecule has 0 saturated heterocycles. The smallest absolute Gasteiger partial charge is 0.245 e. The molecule has 0 heterocycles. The van der Waals surface area contributed by atoms with E-state index in [2.05, 4.69) is 19.2 Å². The highest BCUT2D eigenvalue weighted by atomic mass is 16.5. The van der Waals surface area contributed by atoms with E-state index >= 15 is 0 Å². The van der Waals surface area contributed by atoms with Gasteiger partial charge in [0, 0.05) is 13.1 Å². The van der Waals surface area contributed by atoms with Crippen LogP contribution in [0.2, 0.25) is 0 Å². The van der Waals surface area contributed by atoms with E-state index in [0.29, 0.717) is 19.1 Å². The molecule has 3 N–H and O–H groups in total. The van der Waals surface area contributed by atoms with Crippen molar-refractivity contribution in [3.63, 3.8) is 0 Å². The van der Waals surface area contributed by atoms with E-state index in [1.54, 1.807) is 0 Å². The van der Waals surface area contributed by atoms with Crippen LogP contribution >= 0.6 is 0 Å². The summed E-state index contributed by atoms with van der Waals surface area (Å²) in [5.74, 6) is 0.555. The van der Waals surface area contributed by atoms with Gasteiger partial charge in [-0.2, -0.15) is 0 Å². The summed E-state index contributed by atoms with van der Waals surface area (Å²) < 4.78 is 4.97. The molecule has 1 amide bonds. The van der Waals surface area contributed by atoms with Crippen LogP contribution in [-0.4, -0.2) is 32.2 Å². The van der Waals surface area contributed by atoms with E-state index in [-0.39, 0.29) is 12.5 Å². The lowest BCUT2D eigenvalue weighted by Crippen LogP contribution is -2.29. The van der Waals surface area contributed by atoms with Crippen molar-refractivity contribution in [3.05, 3.63) is 0 Å². The molecule has 0 aliphatic rings. The first-order chi connectivity index (χ1) is 6.16. The SMILES string of the molecule is CC(C)CCNC(=O)COCCN. The molecule has 13 heavy (non-hydrogen) atoms. The highest BCUT2D eigenvalue weighted by Crippen LogP contribution is 1.95. The van der Waals surface area contributed by atoms with Crippen LogP contribution < -0.4 is 11.1 Å². The number of rotatable bonds is 7. The first-order valence-electron chi connectivity index (χ1n) is 4.71. The van der Waals surface area contributed by atoms with Gasteiger partial charge in [0.25, 0.3) is 0 Å². The Kier molecular flexibility index (Phi) is 7.63. The van der Waals surface area contributed by atoms with Crippen molar-refractivity contribution >= 4 is 5.91 Å². The van der Waals surface area contributed by atoms with Gasteiger partial charge in [-0.15, -0.1) is 0 Å². The minimum absolute atomic E-state index is 0.0610. The second kappa shape index (κ2) is 8.01. The van der Waals surface area contributed by atoms with E-state index < -0.39 is 0 Å². The third-order valence-electron chi connectivity index (χ3n) is 1.54. The Hall–Kier alpha value is -0.610. The number of hydrogen-bond donors (Lipinski definition) is 2. The standard InChI is InChI=1S/C9H20N2O2/c1-8(2)3-5-11-9(12)7-13-6-4-10/h8H,3-7,10H2,1-2H3,(H,11,12). The second-order valence-corrected chi connectivity index (χ2v) is 3.37. The highest BCUT2D eigenvalue weighted by molar-refractivity contribution is 5.77. The Morgan fingerprint density at radius 2 is 2.23 bits per heavy atom. The number of nitrogens with one attached hydrogen (secondary N) is 1. The van der Waals surface area contributed by atoms with Crippen molar-refractivity contribution in [2.24, 2.45) is 11.7 Å². The fraction of sp³-hybridized carbons (Fsp3) is 0.889. The van der Waals surface area contributed by atoms with Crippen LogP contribution in [0.3, 0.4) is 0 Å². The Labute approximate surface area is 79.8 Å². The van der Waals surface area contributed by atoms with Gasteiger partial charge >= 0.3 is 0 Å². The molecule has 0 spiro atoms. The maximum absolute atomic E-state index is 11.0.